The summed E-state index contributed by atoms with van der Waals surface area (Å²) in [7, 11) is 0.198. The van der Waals surface area contributed by atoms with Crippen molar-refractivity contribution in [3.63, 3.8) is 0 Å². The smallest absolute Gasteiger partial charge is 0.131 e. The molecule has 1 nitrogen and oxygen atoms in total. The zero-order valence-corrected chi connectivity index (χ0v) is 17.9. The zero-order chi connectivity index (χ0) is 20.8. The Bertz CT molecular complexity index is 1090. The Morgan fingerprint density at radius 1 is 0.733 bits per heavy atom. The van der Waals surface area contributed by atoms with Crippen molar-refractivity contribution in [2.24, 2.45) is 0 Å². The van der Waals surface area contributed by atoms with E-state index in [9.17, 15) is 4.39 Å². The fraction of sp³-hybridized carbons (Fsp3) is 0.111. The predicted octanol–water partition coefficient (Wildman–Crippen LogP) is 5.93. The van der Waals surface area contributed by atoms with Gasteiger partial charge < -0.3 is 4.74 Å². The molecule has 0 radical (unpaired) electrons. The van der Waals surface area contributed by atoms with Gasteiger partial charge in [0.15, 0.2) is 0 Å². The lowest BCUT2D eigenvalue weighted by molar-refractivity contribution is 0.306. The zero-order valence-electron chi connectivity index (χ0n) is 16.9. The third-order valence-electron chi connectivity index (χ3n) is 5.04. The third-order valence-corrected chi connectivity index (χ3v) is 6.59. The van der Waals surface area contributed by atoms with Crippen LogP contribution in [-0.2, 0) is 13.0 Å². The van der Waals surface area contributed by atoms with Gasteiger partial charge in [0.05, 0.1) is 0 Å². The van der Waals surface area contributed by atoms with Gasteiger partial charge in [0, 0.05) is 17.0 Å². The SMILES string of the molecule is Cc1cccc(F)c1Pc1cccc(Cc2ccccc2)c1OCc1ccccc1. The Morgan fingerprint density at radius 2 is 1.40 bits per heavy atom. The third kappa shape index (κ3) is 4.96. The highest BCUT2D eigenvalue weighted by molar-refractivity contribution is 7.55. The van der Waals surface area contributed by atoms with E-state index in [0.717, 1.165) is 39.5 Å². The van der Waals surface area contributed by atoms with E-state index in [4.69, 9.17) is 4.74 Å². The monoisotopic (exact) mass is 414 g/mol. The van der Waals surface area contributed by atoms with Crippen LogP contribution in [-0.4, -0.2) is 0 Å². The molecule has 0 bridgehead atoms. The first-order valence-corrected chi connectivity index (χ1v) is 11.1. The molecule has 0 aliphatic carbocycles. The van der Waals surface area contributed by atoms with Crippen LogP contribution in [0.1, 0.15) is 22.3 Å². The number of ether oxygens (including phenoxy) is 1. The predicted molar refractivity (Wildman–Crippen MR) is 125 cm³/mol. The molecule has 3 heteroatoms. The quantitative estimate of drug-likeness (QED) is 0.341. The molecule has 0 aliphatic heterocycles. The van der Waals surface area contributed by atoms with Gasteiger partial charge in [0.1, 0.15) is 18.2 Å². The maximum absolute atomic E-state index is 14.5. The maximum Gasteiger partial charge on any atom is 0.131 e. The lowest BCUT2D eigenvalue weighted by Gasteiger charge is -2.17. The minimum Gasteiger partial charge on any atom is -0.488 e. The van der Waals surface area contributed by atoms with Crippen LogP contribution in [0.4, 0.5) is 4.39 Å². The van der Waals surface area contributed by atoms with Crippen LogP contribution in [0.5, 0.6) is 5.75 Å². The van der Waals surface area contributed by atoms with E-state index in [-0.39, 0.29) is 14.4 Å². The van der Waals surface area contributed by atoms with Gasteiger partial charge in [0.2, 0.25) is 0 Å². The summed E-state index contributed by atoms with van der Waals surface area (Å²) in [5.74, 6) is 0.710. The molecular weight excluding hydrogens is 390 g/mol. The molecule has 0 saturated heterocycles. The molecule has 0 aliphatic rings. The van der Waals surface area contributed by atoms with Crippen LogP contribution in [0, 0.1) is 12.7 Å². The molecule has 30 heavy (non-hydrogen) atoms. The second-order valence-corrected chi connectivity index (χ2v) is 8.58. The van der Waals surface area contributed by atoms with E-state index >= 15 is 0 Å². The van der Waals surface area contributed by atoms with Gasteiger partial charge in [-0.15, -0.1) is 0 Å². The van der Waals surface area contributed by atoms with Crippen molar-refractivity contribution in [1.29, 1.82) is 0 Å². The number of aryl methyl sites for hydroxylation is 1. The molecule has 0 spiro atoms. The lowest BCUT2D eigenvalue weighted by atomic mass is 10.0. The summed E-state index contributed by atoms with van der Waals surface area (Å²) in [5, 5.41) is 1.78. The minimum atomic E-state index is -0.157. The fourth-order valence-corrected chi connectivity index (χ4v) is 4.74. The largest absolute Gasteiger partial charge is 0.488 e. The molecule has 4 rings (SSSR count). The second kappa shape index (κ2) is 9.69. The number of hydrogen-bond donors (Lipinski definition) is 0. The number of para-hydroxylation sites is 1. The Morgan fingerprint density at radius 3 is 2.10 bits per heavy atom. The molecule has 0 fully saturated rings. The number of benzene rings is 4. The highest BCUT2D eigenvalue weighted by Crippen LogP contribution is 2.28. The molecule has 0 heterocycles. The molecule has 0 N–H and O–H groups in total. The maximum atomic E-state index is 14.5. The fourth-order valence-electron chi connectivity index (χ4n) is 3.46. The first kappa shape index (κ1) is 20.3. The van der Waals surface area contributed by atoms with E-state index in [1.54, 1.807) is 6.07 Å². The summed E-state index contributed by atoms with van der Waals surface area (Å²) >= 11 is 0. The first-order chi connectivity index (χ1) is 14.7. The normalized spacial score (nSPS) is 11.1. The van der Waals surface area contributed by atoms with Gasteiger partial charge in [-0.3, -0.25) is 0 Å². The lowest BCUT2D eigenvalue weighted by Crippen LogP contribution is -2.15. The van der Waals surface area contributed by atoms with Gasteiger partial charge in [-0.1, -0.05) is 99.6 Å². The molecule has 150 valence electrons. The van der Waals surface area contributed by atoms with Gasteiger partial charge in [-0.05, 0) is 35.2 Å². The van der Waals surface area contributed by atoms with Gasteiger partial charge in [0.25, 0.3) is 0 Å². The molecule has 1 atom stereocenters. The summed E-state index contributed by atoms with van der Waals surface area (Å²) in [6.45, 7) is 2.45. The van der Waals surface area contributed by atoms with Gasteiger partial charge in [-0.2, -0.15) is 0 Å². The van der Waals surface area contributed by atoms with E-state index < -0.39 is 0 Å². The van der Waals surface area contributed by atoms with Crippen molar-refractivity contribution in [1.82, 2.24) is 0 Å². The Hall–Kier alpha value is -2.96. The van der Waals surface area contributed by atoms with E-state index in [0.29, 0.717) is 6.61 Å². The summed E-state index contributed by atoms with van der Waals surface area (Å²) in [6.07, 6.45) is 0.777. The van der Waals surface area contributed by atoms with Crippen molar-refractivity contribution < 1.29 is 9.13 Å². The average Bonchev–Trinajstić information content (AvgIpc) is 2.77. The van der Waals surface area contributed by atoms with Crippen LogP contribution in [0.15, 0.2) is 97.1 Å². The average molecular weight is 414 g/mol. The van der Waals surface area contributed by atoms with Crippen LogP contribution in [0.25, 0.3) is 0 Å². The Balaban J connectivity index is 1.69. The molecule has 0 amide bonds. The highest BCUT2D eigenvalue weighted by Gasteiger charge is 2.15. The van der Waals surface area contributed by atoms with Crippen molar-refractivity contribution in [3.8, 4) is 5.75 Å². The van der Waals surface area contributed by atoms with Crippen molar-refractivity contribution >= 4 is 19.2 Å². The van der Waals surface area contributed by atoms with E-state index in [1.807, 2.05) is 55.5 Å². The van der Waals surface area contributed by atoms with Crippen molar-refractivity contribution in [2.45, 2.75) is 20.0 Å². The van der Waals surface area contributed by atoms with Gasteiger partial charge in [-0.25, -0.2) is 4.39 Å². The van der Waals surface area contributed by atoms with E-state index in [1.165, 1.54) is 11.6 Å². The number of rotatable bonds is 7. The summed E-state index contributed by atoms with van der Waals surface area (Å²) in [6, 6.07) is 32.0. The second-order valence-electron chi connectivity index (χ2n) is 7.29. The molecule has 0 saturated carbocycles. The van der Waals surface area contributed by atoms with E-state index in [2.05, 4.69) is 36.4 Å². The summed E-state index contributed by atoms with van der Waals surface area (Å²) in [5.41, 5.74) is 4.43. The minimum absolute atomic E-state index is 0.157. The number of halogens is 1. The first-order valence-electron chi connectivity index (χ1n) is 10.1. The molecule has 0 aromatic heterocycles. The van der Waals surface area contributed by atoms with Crippen LogP contribution >= 0.6 is 8.58 Å². The van der Waals surface area contributed by atoms with Crippen molar-refractivity contribution in [2.75, 3.05) is 0 Å². The molecular formula is C27H24FOP. The Labute approximate surface area is 179 Å². The molecule has 4 aromatic carbocycles. The topological polar surface area (TPSA) is 9.23 Å². The van der Waals surface area contributed by atoms with Gasteiger partial charge >= 0.3 is 0 Å². The van der Waals surface area contributed by atoms with Crippen LogP contribution < -0.4 is 15.3 Å². The number of hydrogen-bond acceptors (Lipinski definition) is 1. The van der Waals surface area contributed by atoms with Crippen molar-refractivity contribution in [3.05, 3.63) is 125 Å². The van der Waals surface area contributed by atoms with Crippen LogP contribution in [0.2, 0.25) is 0 Å². The Kier molecular flexibility index (Phi) is 6.57. The molecule has 4 aromatic rings. The highest BCUT2D eigenvalue weighted by atomic mass is 31.1. The molecule has 1 unspecified atom stereocenters. The standard InChI is InChI=1S/C27H24FOP/c1-20-10-8-16-24(28)27(20)30-25-17-9-15-23(18-21-11-4-2-5-12-21)26(25)29-19-22-13-6-3-7-14-22/h2-17,30H,18-19H2,1H3. The van der Waals surface area contributed by atoms with Crippen LogP contribution in [0.3, 0.4) is 0 Å². The summed E-state index contributed by atoms with van der Waals surface area (Å²) < 4.78 is 20.9. The summed E-state index contributed by atoms with van der Waals surface area (Å²) in [4.78, 5) is 0.